The summed E-state index contributed by atoms with van der Waals surface area (Å²) in [4.78, 5) is 18.1. The summed E-state index contributed by atoms with van der Waals surface area (Å²) < 4.78 is 15.1. The topological polar surface area (TPSA) is 59.3 Å². The molecule has 1 atom stereocenters. The highest BCUT2D eigenvalue weighted by molar-refractivity contribution is 5.94. The second-order valence-electron chi connectivity index (χ2n) is 8.60. The average Bonchev–Trinajstić information content (AvgIpc) is 3.33. The van der Waals surface area contributed by atoms with Crippen LogP contribution in [-0.2, 0) is 6.42 Å². The number of halogens is 1. The van der Waals surface area contributed by atoms with Crippen molar-refractivity contribution in [2.75, 3.05) is 0 Å². The van der Waals surface area contributed by atoms with Gasteiger partial charge in [0.05, 0.1) is 11.4 Å². The third-order valence-corrected chi connectivity index (χ3v) is 5.96. The maximum absolute atomic E-state index is 13.5. The van der Waals surface area contributed by atoms with Crippen LogP contribution in [0.4, 0.5) is 4.39 Å². The summed E-state index contributed by atoms with van der Waals surface area (Å²) in [5.41, 5.74) is 5.12. The van der Waals surface area contributed by atoms with Crippen LogP contribution in [-0.4, -0.2) is 26.5 Å². The summed E-state index contributed by atoms with van der Waals surface area (Å²) in [6, 6.07) is 29.6. The summed E-state index contributed by atoms with van der Waals surface area (Å²) in [6.07, 6.45) is 1.68. The Balaban J connectivity index is 1.48. The van der Waals surface area contributed by atoms with Gasteiger partial charge in [0.1, 0.15) is 11.5 Å². The van der Waals surface area contributed by atoms with Crippen LogP contribution >= 0.6 is 0 Å². The molecular weight excluding hydrogens is 439 g/mol. The van der Waals surface area contributed by atoms with E-state index in [1.807, 2.05) is 61.5 Å². The van der Waals surface area contributed by atoms with Crippen LogP contribution in [0.2, 0.25) is 0 Å². The van der Waals surface area contributed by atoms with Crippen molar-refractivity contribution in [3.05, 3.63) is 114 Å². The van der Waals surface area contributed by atoms with Crippen LogP contribution in [0.25, 0.3) is 28.2 Å². The van der Waals surface area contributed by atoms with Gasteiger partial charge in [0.15, 0.2) is 5.65 Å². The van der Waals surface area contributed by atoms with Crippen molar-refractivity contribution in [3.8, 4) is 22.5 Å². The van der Waals surface area contributed by atoms with E-state index in [0.29, 0.717) is 17.0 Å². The number of amides is 1. The maximum Gasteiger partial charge on any atom is 0.270 e. The van der Waals surface area contributed by atoms with Gasteiger partial charge in [-0.3, -0.25) is 4.79 Å². The second-order valence-corrected chi connectivity index (χ2v) is 8.60. The molecule has 5 nitrogen and oxygen atoms in total. The van der Waals surface area contributed by atoms with Gasteiger partial charge >= 0.3 is 0 Å². The number of aryl methyl sites for hydroxylation is 1. The van der Waals surface area contributed by atoms with Crippen molar-refractivity contribution in [3.63, 3.8) is 0 Å². The van der Waals surface area contributed by atoms with Gasteiger partial charge in [-0.05, 0) is 55.7 Å². The summed E-state index contributed by atoms with van der Waals surface area (Å²) >= 11 is 0. The molecule has 1 amide bonds. The van der Waals surface area contributed by atoms with E-state index >= 15 is 0 Å². The standard InChI is InChI=1S/C29H25FN4O/c1-20(12-13-21-8-4-2-5-9-21)31-29(35)27-18-25(23-14-16-24(30)17-15-23)32-28-19-26(33-34(27)28)22-10-6-3-7-11-22/h2-11,14-20H,12-13H2,1H3,(H,31,35). The number of nitrogens with one attached hydrogen (secondary N) is 1. The molecule has 0 aliphatic carbocycles. The van der Waals surface area contributed by atoms with E-state index in [0.717, 1.165) is 29.7 Å². The Morgan fingerprint density at radius 3 is 2.26 bits per heavy atom. The molecule has 3 aromatic carbocycles. The highest BCUT2D eigenvalue weighted by atomic mass is 19.1. The fourth-order valence-corrected chi connectivity index (χ4v) is 4.05. The van der Waals surface area contributed by atoms with Crippen LogP contribution in [0, 0.1) is 5.82 Å². The molecule has 2 aromatic heterocycles. The molecule has 5 rings (SSSR count). The Kier molecular flexibility index (Phi) is 6.35. The zero-order valence-corrected chi connectivity index (χ0v) is 19.4. The molecule has 0 saturated carbocycles. The minimum Gasteiger partial charge on any atom is -0.348 e. The monoisotopic (exact) mass is 464 g/mol. The van der Waals surface area contributed by atoms with Gasteiger partial charge in [0, 0.05) is 23.2 Å². The first-order valence-electron chi connectivity index (χ1n) is 11.6. The quantitative estimate of drug-likeness (QED) is 0.324. The predicted octanol–water partition coefficient (Wildman–Crippen LogP) is 5.95. The normalized spacial score (nSPS) is 11.9. The van der Waals surface area contributed by atoms with Crippen molar-refractivity contribution in [2.45, 2.75) is 25.8 Å². The number of hydrogen-bond donors (Lipinski definition) is 1. The highest BCUT2D eigenvalue weighted by Gasteiger charge is 2.19. The molecule has 0 fully saturated rings. The molecule has 174 valence electrons. The molecule has 0 aliphatic rings. The third-order valence-electron chi connectivity index (χ3n) is 5.96. The Bertz CT molecular complexity index is 1450. The number of carbonyl (C=O) groups is 1. The number of hydrogen-bond acceptors (Lipinski definition) is 3. The number of aromatic nitrogens is 3. The van der Waals surface area contributed by atoms with E-state index in [-0.39, 0.29) is 17.8 Å². The van der Waals surface area contributed by atoms with Crippen molar-refractivity contribution < 1.29 is 9.18 Å². The first kappa shape index (κ1) is 22.5. The molecule has 0 bridgehead atoms. The first-order valence-corrected chi connectivity index (χ1v) is 11.6. The van der Waals surface area contributed by atoms with Gasteiger partial charge in [-0.1, -0.05) is 60.7 Å². The van der Waals surface area contributed by atoms with E-state index in [9.17, 15) is 9.18 Å². The minimum absolute atomic E-state index is 0.0376. The lowest BCUT2D eigenvalue weighted by atomic mass is 10.1. The molecular formula is C29H25FN4O. The second kappa shape index (κ2) is 9.89. The Labute approximate surface area is 203 Å². The molecule has 0 saturated heterocycles. The number of rotatable bonds is 7. The van der Waals surface area contributed by atoms with Crippen molar-refractivity contribution in [1.29, 1.82) is 0 Å². The fraction of sp³-hybridized carbons (Fsp3) is 0.138. The van der Waals surface area contributed by atoms with Crippen molar-refractivity contribution in [2.24, 2.45) is 0 Å². The van der Waals surface area contributed by atoms with Crippen molar-refractivity contribution in [1.82, 2.24) is 19.9 Å². The Morgan fingerprint density at radius 1 is 0.886 bits per heavy atom. The minimum atomic E-state index is -0.323. The lowest BCUT2D eigenvalue weighted by molar-refractivity contribution is 0.0931. The number of nitrogens with zero attached hydrogens (tertiary/aromatic N) is 3. The van der Waals surface area contributed by atoms with E-state index in [4.69, 9.17) is 4.98 Å². The highest BCUT2D eigenvalue weighted by Crippen LogP contribution is 2.24. The molecule has 0 radical (unpaired) electrons. The molecule has 1 N–H and O–H groups in total. The number of fused-ring (bicyclic) bond motifs is 1. The lowest BCUT2D eigenvalue weighted by Gasteiger charge is -2.15. The van der Waals surface area contributed by atoms with E-state index in [1.165, 1.54) is 17.7 Å². The van der Waals surface area contributed by atoms with Crippen molar-refractivity contribution >= 4 is 11.6 Å². The zero-order chi connectivity index (χ0) is 24.2. The molecule has 2 heterocycles. The van der Waals surface area contributed by atoms with E-state index in [1.54, 1.807) is 22.7 Å². The fourth-order valence-electron chi connectivity index (χ4n) is 4.05. The van der Waals surface area contributed by atoms with Gasteiger partial charge < -0.3 is 5.32 Å². The Hall–Kier alpha value is -4.32. The van der Waals surface area contributed by atoms with Crippen LogP contribution in [0.15, 0.2) is 97.1 Å². The largest absolute Gasteiger partial charge is 0.348 e. The maximum atomic E-state index is 13.5. The SMILES string of the molecule is CC(CCc1ccccc1)NC(=O)c1cc(-c2ccc(F)cc2)nc2cc(-c3ccccc3)nn12. The van der Waals surface area contributed by atoms with Crippen LogP contribution in [0.5, 0.6) is 0 Å². The average molecular weight is 465 g/mol. The van der Waals surface area contributed by atoms with E-state index in [2.05, 4.69) is 22.5 Å². The van der Waals surface area contributed by atoms with Gasteiger partial charge in [0.25, 0.3) is 5.91 Å². The summed E-state index contributed by atoms with van der Waals surface area (Å²) in [6.45, 7) is 2.00. The number of benzene rings is 3. The van der Waals surface area contributed by atoms with Gasteiger partial charge in [0.2, 0.25) is 0 Å². The summed E-state index contributed by atoms with van der Waals surface area (Å²) in [5.74, 6) is -0.556. The lowest BCUT2D eigenvalue weighted by Crippen LogP contribution is -2.34. The smallest absolute Gasteiger partial charge is 0.270 e. The molecule has 6 heteroatoms. The third kappa shape index (κ3) is 5.11. The Morgan fingerprint density at radius 2 is 1.54 bits per heavy atom. The zero-order valence-electron chi connectivity index (χ0n) is 19.4. The van der Waals surface area contributed by atoms with Crippen LogP contribution < -0.4 is 5.32 Å². The molecule has 0 aliphatic heterocycles. The predicted molar refractivity (Wildman–Crippen MR) is 136 cm³/mol. The first-order chi connectivity index (χ1) is 17.1. The molecule has 5 aromatic rings. The molecule has 0 spiro atoms. The summed E-state index contributed by atoms with van der Waals surface area (Å²) in [5, 5.41) is 7.79. The van der Waals surface area contributed by atoms with Gasteiger partial charge in [-0.25, -0.2) is 13.9 Å². The molecule has 1 unspecified atom stereocenters. The van der Waals surface area contributed by atoms with Gasteiger partial charge in [-0.2, -0.15) is 5.10 Å². The number of carbonyl (C=O) groups excluding carboxylic acids is 1. The molecule has 35 heavy (non-hydrogen) atoms. The van der Waals surface area contributed by atoms with Crippen LogP contribution in [0.3, 0.4) is 0 Å². The van der Waals surface area contributed by atoms with E-state index < -0.39 is 0 Å². The van der Waals surface area contributed by atoms with Crippen LogP contribution in [0.1, 0.15) is 29.4 Å². The van der Waals surface area contributed by atoms with Gasteiger partial charge in [-0.15, -0.1) is 0 Å². The summed E-state index contributed by atoms with van der Waals surface area (Å²) in [7, 11) is 0.